The molecular weight excluding hydrogens is 224 g/mol. The summed E-state index contributed by atoms with van der Waals surface area (Å²) in [5.41, 5.74) is 1.32. The highest BCUT2D eigenvalue weighted by Crippen LogP contribution is 2.32. The zero-order valence-corrected chi connectivity index (χ0v) is 9.34. The molecule has 0 atom stereocenters. The third-order valence-electron chi connectivity index (χ3n) is 2.95. The molecule has 0 radical (unpaired) electrons. The van der Waals surface area contributed by atoms with Crippen LogP contribution in [-0.2, 0) is 17.8 Å². The maximum atomic E-state index is 11.2. The molecule has 0 spiro atoms. The topological polar surface area (TPSA) is 83.7 Å². The largest absolute Gasteiger partial charge is 0.502 e. The number of nitro groups is 1. The first-order valence-electron chi connectivity index (χ1n) is 5.23. The SMILES string of the molecule is CC(=O)N1CCc2cc([N+](=O)[O-])c(O)cc2C1. The lowest BCUT2D eigenvalue weighted by atomic mass is 9.98. The number of phenolic OH excluding ortho intramolecular Hbond substituents is 1. The van der Waals surface area contributed by atoms with Gasteiger partial charge in [0.2, 0.25) is 5.91 Å². The summed E-state index contributed by atoms with van der Waals surface area (Å²) >= 11 is 0. The minimum atomic E-state index is -0.604. The molecule has 0 bridgehead atoms. The van der Waals surface area contributed by atoms with Crippen LogP contribution < -0.4 is 0 Å². The molecule has 0 fully saturated rings. The Bertz CT molecular complexity index is 498. The van der Waals surface area contributed by atoms with Gasteiger partial charge < -0.3 is 10.0 Å². The molecule has 1 N–H and O–H groups in total. The molecule has 90 valence electrons. The number of carbonyl (C=O) groups is 1. The highest BCUT2D eigenvalue weighted by molar-refractivity contribution is 5.73. The van der Waals surface area contributed by atoms with Gasteiger partial charge in [0.25, 0.3) is 0 Å². The molecule has 1 heterocycles. The number of phenols is 1. The highest BCUT2D eigenvalue weighted by atomic mass is 16.6. The molecule has 2 rings (SSSR count). The quantitative estimate of drug-likeness (QED) is 0.586. The van der Waals surface area contributed by atoms with Crippen molar-refractivity contribution in [2.24, 2.45) is 0 Å². The first-order valence-corrected chi connectivity index (χ1v) is 5.23. The Hall–Kier alpha value is -2.11. The van der Waals surface area contributed by atoms with Gasteiger partial charge in [-0.3, -0.25) is 14.9 Å². The molecule has 6 nitrogen and oxygen atoms in total. The van der Waals surface area contributed by atoms with E-state index in [2.05, 4.69) is 0 Å². The first kappa shape index (κ1) is 11.4. The molecule has 1 aliphatic heterocycles. The molecule has 0 unspecified atom stereocenters. The number of hydrogen-bond donors (Lipinski definition) is 1. The van der Waals surface area contributed by atoms with Crippen LogP contribution in [0.2, 0.25) is 0 Å². The van der Waals surface area contributed by atoms with Gasteiger partial charge in [-0.15, -0.1) is 0 Å². The summed E-state index contributed by atoms with van der Waals surface area (Å²) in [6.07, 6.45) is 0.579. The predicted octanol–water partition coefficient (Wildman–Crippen LogP) is 1.20. The summed E-state index contributed by atoms with van der Waals surface area (Å²) in [4.78, 5) is 22.9. The number of nitro benzene ring substituents is 1. The molecule has 0 aromatic heterocycles. The standard InChI is InChI=1S/C11H12N2O4/c1-7(14)12-3-2-8-4-10(13(16)17)11(15)5-9(8)6-12/h4-5,15H,2-3,6H2,1H3. The first-order chi connectivity index (χ1) is 7.99. The number of hydrogen-bond acceptors (Lipinski definition) is 4. The lowest BCUT2D eigenvalue weighted by Crippen LogP contribution is -2.34. The highest BCUT2D eigenvalue weighted by Gasteiger charge is 2.23. The number of rotatable bonds is 1. The Balaban J connectivity index is 2.38. The van der Waals surface area contributed by atoms with Crippen LogP contribution >= 0.6 is 0 Å². The van der Waals surface area contributed by atoms with Crippen molar-refractivity contribution in [1.29, 1.82) is 0 Å². The van der Waals surface area contributed by atoms with Gasteiger partial charge in [0.1, 0.15) is 0 Å². The summed E-state index contributed by atoms with van der Waals surface area (Å²) in [5, 5.41) is 20.2. The van der Waals surface area contributed by atoms with Crippen LogP contribution in [0.15, 0.2) is 12.1 Å². The Morgan fingerprint density at radius 1 is 1.47 bits per heavy atom. The van der Waals surface area contributed by atoms with Gasteiger partial charge in [-0.25, -0.2) is 0 Å². The summed E-state index contributed by atoms with van der Waals surface area (Å²) in [6.45, 7) is 2.44. The van der Waals surface area contributed by atoms with Crippen molar-refractivity contribution >= 4 is 11.6 Å². The molecule has 17 heavy (non-hydrogen) atoms. The van der Waals surface area contributed by atoms with Crippen molar-refractivity contribution in [2.75, 3.05) is 6.54 Å². The van der Waals surface area contributed by atoms with E-state index in [1.807, 2.05) is 0 Å². The van der Waals surface area contributed by atoms with Crippen LogP contribution in [0.5, 0.6) is 5.75 Å². The van der Waals surface area contributed by atoms with Crippen LogP contribution in [0, 0.1) is 10.1 Å². The molecule has 1 amide bonds. The Morgan fingerprint density at radius 3 is 2.76 bits per heavy atom. The Morgan fingerprint density at radius 2 is 2.18 bits per heavy atom. The lowest BCUT2D eigenvalue weighted by molar-refractivity contribution is -0.385. The van der Waals surface area contributed by atoms with E-state index in [-0.39, 0.29) is 17.3 Å². The summed E-state index contributed by atoms with van der Waals surface area (Å²) < 4.78 is 0. The predicted molar refractivity (Wildman–Crippen MR) is 59.6 cm³/mol. The number of benzene rings is 1. The van der Waals surface area contributed by atoms with Crippen molar-refractivity contribution in [1.82, 2.24) is 4.90 Å². The number of carbonyl (C=O) groups excluding carboxylic acids is 1. The summed E-state index contributed by atoms with van der Waals surface area (Å²) in [5.74, 6) is -0.382. The smallest absolute Gasteiger partial charge is 0.310 e. The molecule has 1 aromatic carbocycles. The van der Waals surface area contributed by atoms with Crippen LogP contribution in [0.25, 0.3) is 0 Å². The number of amides is 1. The molecule has 1 aromatic rings. The summed E-state index contributed by atoms with van der Waals surface area (Å²) in [7, 11) is 0. The minimum absolute atomic E-state index is 0.0338. The molecule has 1 aliphatic rings. The van der Waals surface area contributed by atoms with Crippen molar-refractivity contribution in [3.63, 3.8) is 0 Å². The van der Waals surface area contributed by atoms with Crippen molar-refractivity contribution in [2.45, 2.75) is 19.9 Å². The zero-order chi connectivity index (χ0) is 12.6. The van der Waals surface area contributed by atoms with Crippen molar-refractivity contribution in [3.05, 3.63) is 33.4 Å². The van der Waals surface area contributed by atoms with Crippen molar-refractivity contribution in [3.8, 4) is 5.75 Å². The van der Waals surface area contributed by atoms with E-state index in [9.17, 15) is 20.0 Å². The second-order valence-electron chi connectivity index (χ2n) is 4.06. The van der Waals surface area contributed by atoms with E-state index in [0.717, 1.165) is 11.1 Å². The molecule has 0 saturated heterocycles. The fourth-order valence-corrected chi connectivity index (χ4v) is 2.00. The van der Waals surface area contributed by atoms with Gasteiger partial charge in [-0.05, 0) is 23.6 Å². The van der Waals surface area contributed by atoms with E-state index in [4.69, 9.17) is 0 Å². The summed E-state index contributed by atoms with van der Waals surface area (Å²) in [6, 6.07) is 2.77. The van der Waals surface area contributed by atoms with Gasteiger partial charge in [0, 0.05) is 26.1 Å². The second kappa shape index (κ2) is 4.04. The van der Waals surface area contributed by atoms with Crippen LogP contribution in [0.3, 0.4) is 0 Å². The van der Waals surface area contributed by atoms with E-state index >= 15 is 0 Å². The number of nitrogens with zero attached hydrogens (tertiary/aromatic N) is 2. The fraction of sp³-hybridized carbons (Fsp3) is 0.364. The van der Waals surface area contributed by atoms with Gasteiger partial charge in [0.15, 0.2) is 5.75 Å². The maximum Gasteiger partial charge on any atom is 0.310 e. The van der Waals surface area contributed by atoms with E-state index in [0.29, 0.717) is 19.5 Å². The van der Waals surface area contributed by atoms with E-state index < -0.39 is 4.92 Å². The van der Waals surface area contributed by atoms with Crippen LogP contribution in [0.1, 0.15) is 18.1 Å². The molecule has 6 heteroatoms. The molecule has 0 aliphatic carbocycles. The van der Waals surface area contributed by atoms with Gasteiger partial charge in [-0.1, -0.05) is 0 Å². The average Bonchev–Trinajstić information content (AvgIpc) is 2.26. The van der Waals surface area contributed by atoms with Gasteiger partial charge in [0.05, 0.1) is 4.92 Å². The van der Waals surface area contributed by atoms with Crippen LogP contribution in [0.4, 0.5) is 5.69 Å². The number of aromatic hydroxyl groups is 1. The van der Waals surface area contributed by atoms with E-state index in [1.54, 1.807) is 4.90 Å². The third kappa shape index (κ3) is 2.06. The average molecular weight is 236 g/mol. The Kier molecular flexibility index (Phi) is 2.71. The van der Waals surface area contributed by atoms with Crippen molar-refractivity contribution < 1.29 is 14.8 Å². The lowest BCUT2D eigenvalue weighted by Gasteiger charge is -2.27. The Labute approximate surface area is 97.6 Å². The second-order valence-corrected chi connectivity index (χ2v) is 4.06. The fourth-order valence-electron chi connectivity index (χ4n) is 2.00. The molecule has 0 saturated carbocycles. The normalized spacial score (nSPS) is 14.3. The third-order valence-corrected chi connectivity index (χ3v) is 2.95. The minimum Gasteiger partial charge on any atom is -0.502 e. The van der Waals surface area contributed by atoms with E-state index in [1.165, 1.54) is 19.1 Å². The van der Waals surface area contributed by atoms with Crippen LogP contribution in [-0.4, -0.2) is 27.4 Å². The zero-order valence-electron chi connectivity index (χ0n) is 9.34. The van der Waals surface area contributed by atoms with Gasteiger partial charge >= 0.3 is 5.69 Å². The molecular formula is C11H12N2O4. The maximum absolute atomic E-state index is 11.2. The monoisotopic (exact) mass is 236 g/mol. The number of fused-ring (bicyclic) bond motifs is 1. The van der Waals surface area contributed by atoms with Gasteiger partial charge in [-0.2, -0.15) is 0 Å².